The molecule has 30 heavy (non-hydrogen) atoms. The maximum absolute atomic E-state index is 12.0. The van der Waals surface area contributed by atoms with Gasteiger partial charge in [0.15, 0.2) is 5.82 Å². The molecule has 0 aromatic carbocycles. The molecular weight excluding hydrogens is 384 g/mol. The topological polar surface area (TPSA) is 116 Å². The second-order valence-corrected chi connectivity index (χ2v) is 6.75. The summed E-state index contributed by atoms with van der Waals surface area (Å²) >= 11 is 0. The van der Waals surface area contributed by atoms with Crippen molar-refractivity contribution in [2.24, 2.45) is 7.05 Å². The zero-order valence-electron chi connectivity index (χ0n) is 16.3. The lowest BCUT2D eigenvalue weighted by Crippen LogP contribution is -2.12. The van der Waals surface area contributed by atoms with Gasteiger partial charge in [-0.1, -0.05) is 6.07 Å². The third-order valence-corrected chi connectivity index (χ3v) is 4.82. The van der Waals surface area contributed by atoms with Crippen LogP contribution in [-0.4, -0.2) is 47.2 Å². The normalized spacial score (nSPS) is 11.3. The second kappa shape index (κ2) is 6.99. The van der Waals surface area contributed by atoms with Crippen LogP contribution in [0.25, 0.3) is 33.5 Å². The number of ether oxygens (including phenoxy) is 1. The Kier molecular flexibility index (Phi) is 4.16. The predicted molar refractivity (Wildman–Crippen MR) is 111 cm³/mol. The molecule has 0 spiro atoms. The van der Waals surface area contributed by atoms with E-state index in [0.29, 0.717) is 11.5 Å². The Hall–Kier alpha value is -4.21. The highest BCUT2D eigenvalue weighted by molar-refractivity contribution is 6.07. The Bertz CT molecular complexity index is 1370. The number of aromatic nitrogens is 7. The van der Waals surface area contributed by atoms with Gasteiger partial charge >= 0.3 is 6.09 Å². The molecule has 0 bridgehead atoms. The molecule has 5 aromatic rings. The smallest absolute Gasteiger partial charge is 0.419 e. The van der Waals surface area contributed by atoms with Gasteiger partial charge in [0.25, 0.3) is 0 Å². The van der Waals surface area contributed by atoms with Crippen molar-refractivity contribution < 1.29 is 9.53 Å². The Labute approximate surface area is 170 Å². The van der Waals surface area contributed by atoms with Crippen molar-refractivity contribution in [2.75, 3.05) is 12.4 Å². The Morgan fingerprint density at radius 2 is 2.17 bits per heavy atom. The van der Waals surface area contributed by atoms with Crippen LogP contribution < -0.4 is 5.32 Å². The summed E-state index contributed by atoms with van der Waals surface area (Å²) in [4.78, 5) is 32.9. The van der Waals surface area contributed by atoms with Crippen molar-refractivity contribution in [3.05, 3.63) is 55.0 Å². The number of nitrogens with zero attached hydrogens (tertiary/aromatic N) is 6. The lowest BCUT2D eigenvalue weighted by Gasteiger charge is -2.05. The van der Waals surface area contributed by atoms with E-state index in [2.05, 4.69) is 30.2 Å². The van der Waals surface area contributed by atoms with Gasteiger partial charge in [-0.3, -0.25) is 0 Å². The fraction of sp³-hybridized carbons (Fsp3) is 0.150. The molecule has 0 atom stereocenters. The molecule has 2 N–H and O–H groups in total. The SMILES string of the molecule is CNc1nc2[nH]c(-c3cccc(COC(=O)n4ccnc4)n3)cc2c2c1ncn2C. The average molecular weight is 402 g/mol. The van der Waals surface area contributed by atoms with Gasteiger partial charge < -0.3 is 19.6 Å². The molecule has 150 valence electrons. The quantitative estimate of drug-likeness (QED) is 0.475. The number of fused-ring (bicyclic) bond motifs is 3. The molecule has 0 fully saturated rings. The van der Waals surface area contributed by atoms with Gasteiger partial charge in [-0.2, -0.15) is 0 Å². The number of aryl methyl sites for hydroxylation is 1. The molecule has 5 rings (SSSR count). The number of imidazole rings is 2. The highest BCUT2D eigenvalue weighted by Gasteiger charge is 2.16. The average Bonchev–Trinajstić information content (AvgIpc) is 3.51. The van der Waals surface area contributed by atoms with E-state index in [1.807, 2.05) is 42.9 Å². The van der Waals surface area contributed by atoms with E-state index in [4.69, 9.17) is 4.74 Å². The molecule has 0 aliphatic heterocycles. The van der Waals surface area contributed by atoms with Gasteiger partial charge in [0.05, 0.1) is 28.9 Å². The predicted octanol–water partition coefficient (Wildman–Crippen LogP) is 2.93. The highest BCUT2D eigenvalue weighted by atomic mass is 16.5. The van der Waals surface area contributed by atoms with Gasteiger partial charge in [-0.05, 0) is 18.2 Å². The number of nitrogens with one attached hydrogen (secondary N) is 2. The van der Waals surface area contributed by atoms with Crippen LogP contribution in [0.3, 0.4) is 0 Å². The van der Waals surface area contributed by atoms with Gasteiger partial charge in [0.2, 0.25) is 0 Å². The summed E-state index contributed by atoms with van der Waals surface area (Å²) in [6, 6.07) is 7.59. The second-order valence-electron chi connectivity index (χ2n) is 6.75. The minimum absolute atomic E-state index is 0.0548. The van der Waals surface area contributed by atoms with Crippen molar-refractivity contribution in [1.29, 1.82) is 0 Å². The molecular formula is C20H18N8O2. The zero-order chi connectivity index (χ0) is 20.7. The van der Waals surface area contributed by atoms with Crippen LogP contribution >= 0.6 is 0 Å². The van der Waals surface area contributed by atoms with E-state index >= 15 is 0 Å². The summed E-state index contributed by atoms with van der Waals surface area (Å²) in [5, 5.41) is 4.05. The Morgan fingerprint density at radius 3 is 2.97 bits per heavy atom. The first-order chi connectivity index (χ1) is 14.6. The number of carbonyl (C=O) groups excluding carboxylic acids is 1. The summed E-state index contributed by atoms with van der Waals surface area (Å²) in [7, 11) is 3.77. The van der Waals surface area contributed by atoms with Gasteiger partial charge in [-0.25, -0.2) is 29.3 Å². The first-order valence-electron chi connectivity index (χ1n) is 9.27. The van der Waals surface area contributed by atoms with Crippen LogP contribution in [-0.2, 0) is 18.4 Å². The number of pyridine rings is 2. The lowest BCUT2D eigenvalue weighted by atomic mass is 10.2. The van der Waals surface area contributed by atoms with E-state index < -0.39 is 6.09 Å². The molecule has 0 saturated heterocycles. The number of carbonyl (C=O) groups is 1. The summed E-state index contributed by atoms with van der Waals surface area (Å²) in [6.07, 6.45) is 5.70. The molecule has 0 aliphatic rings. The molecule has 0 radical (unpaired) electrons. The maximum Gasteiger partial charge on any atom is 0.419 e. The number of H-pyrrole nitrogens is 1. The van der Waals surface area contributed by atoms with Gasteiger partial charge in [-0.15, -0.1) is 0 Å². The number of rotatable bonds is 4. The van der Waals surface area contributed by atoms with Crippen LogP contribution in [0.5, 0.6) is 0 Å². The van der Waals surface area contributed by atoms with Crippen molar-refractivity contribution in [3.63, 3.8) is 0 Å². The van der Waals surface area contributed by atoms with Crippen LogP contribution in [0.4, 0.5) is 10.6 Å². The summed E-state index contributed by atoms with van der Waals surface area (Å²) < 4.78 is 8.53. The Morgan fingerprint density at radius 1 is 1.27 bits per heavy atom. The maximum atomic E-state index is 12.0. The van der Waals surface area contributed by atoms with E-state index in [-0.39, 0.29) is 6.61 Å². The van der Waals surface area contributed by atoms with Crippen LogP contribution in [0.2, 0.25) is 0 Å². The fourth-order valence-corrected chi connectivity index (χ4v) is 3.40. The largest absolute Gasteiger partial charge is 0.442 e. The van der Waals surface area contributed by atoms with Crippen molar-refractivity contribution in [2.45, 2.75) is 6.61 Å². The number of hydrogen-bond acceptors (Lipinski definition) is 7. The van der Waals surface area contributed by atoms with Crippen LogP contribution in [0.15, 0.2) is 49.3 Å². The minimum Gasteiger partial charge on any atom is -0.442 e. The first-order valence-corrected chi connectivity index (χ1v) is 9.27. The molecule has 0 saturated carbocycles. The van der Waals surface area contributed by atoms with Crippen molar-refractivity contribution in [3.8, 4) is 11.4 Å². The molecule has 0 aliphatic carbocycles. The summed E-state index contributed by atoms with van der Waals surface area (Å²) in [5.74, 6) is 0.708. The van der Waals surface area contributed by atoms with Crippen molar-refractivity contribution >= 4 is 34.0 Å². The van der Waals surface area contributed by atoms with E-state index in [1.165, 1.54) is 23.3 Å². The number of aromatic amines is 1. The molecule has 10 nitrogen and oxygen atoms in total. The third-order valence-electron chi connectivity index (χ3n) is 4.82. The van der Waals surface area contributed by atoms with E-state index in [9.17, 15) is 4.79 Å². The summed E-state index contributed by atoms with van der Waals surface area (Å²) in [5.41, 5.74) is 4.71. The minimum atomic E-state index is -0.507. The molecule has 10 heteroatoms. The van der Waals surface area contributed by atoms with Crippen LogP contribution in [0.1, 0.15) is 5.69 Å². The summed E-state index contributed by atoms with van der Waals surface area (Å²) in [6.45, 7) is 0.0548. The van der Waals surface area contributed by atoms with Gasteiger partial charge in [0, 0.05) is 31.9 Å². The van der Waals surface area contributed by atoms with Gasteiger partial charge in [0.1, 0.15) is 24.1 Å². The first kappa shape index (κ1) is 17.9. The third kappa shape index (κ3) is 2.94. The monoisotopic (exact) mass is 402 g/mol. The number of hydrogen-bond donors (Lipinski definition) is 2. The molecule has 5 aromatic heterocycles. The fourth-order valence-electron chi connectivity index (χ4n) is 3.40. The van der Waals surface area contributed by atoms with E-state index in [1.54, 1.807) is 6.33 Å². The molecule has 0 amide bonds. The van der Waals surface area contributed by atoms with E-state index in [0.717, 1.165) is 33.5 Å². The standard InChI is InChI=1S/C20H18N8O2/c1-21-19-16-17(27(2)11-23-16)13-8-15(25-18(13)26-19)14-5-3-4-12(24-14)9-30-20(29)28-7-6-22-10-28/h3-8,10-11H,9H2,1-2H3,(H2,21,25,26). The molecule has 0 unspecified atom stereocenters. The lowest BCUT2D eigenvalue weighted by molar-refractivity contribution is 0.140. The van der Waals surface area contributed by atoms with Crippen molar-refractivity contribution in [1.82, 2.24) is 34.1 Å². The molecule has 5 heterocycles. The highest BCUT2D eigenvalue weighted by Crippen LogP contribution is 2.31. The number of anilines is 1. The van der Waals surface area contributed by atoms with Crippen LogP contribution in [0, 0.1) is 0 Å². The zero-order valence-corrected chi connectivity index (χ0v) is 16.3. The Balaban J connectivity index is 1.48.